The van der Waals surface area contributed by atoms with Crippen molar-refractivity contribution in [3.63, 3.8) is 0 Å². The predicted molar refractivity (Wildman–Crippen MR) is 100 cm³/mol. The van der Waals surface area contributed by atoms with E-state index in [4.69, 9.17) is 4.74 Å². The molecule has 0 saturated carbocycles. The number of piperazine rings is 1. The Labute approximate surface area is 153 Å². The minimum atomic E-state index is 0.0213. The van der Waals surface area contributed by atoms with E-state index in [-0.39, 0.29) is 18.1 Å². The zero-order valence-electron chi connectivity index (χ0n) is 15.1. The molecule has 1 amide bonds. The smallest absolute Gasteiger partial charge is 0.260 e. The molecule has 0 spiro atoms. The van der Waals surface area contributed by atoms with Gasteiger partial charge in [-0.3, -0.25) is 14.5 Å². The fourth-order valence-electron chi connectivity index (χ4n) is 3.09. The highest BCUT2D eigenvalue weighted by molar-refractivity contribution is 5.77. The third kappa shape index (κ3) is 4.73. The number of hydrogen-bond acceptors (Lipinski definition) is 4. The average molecular weight is 355 g/mol. The van der Waals surface area contributed by atoms with E-state index in [9.17, 15) is 9.59 Å². The van der Waals surface area contributed by atoms with Gasteiger partial charge in [-0.25, -0.2) is 0 Å². The fourth-order valence-corrected chi connectivity index (χ4v) is 3.09. The second kappa shape index (κ2) is 8.67. The molecule has 138 valence electrons. The lowest BCUT2D eigenvalue weighted by molar-refractivity contribution is -0.135. The van der Waals surface area contributed by atoms with Crippen molar-refractivity contribution < 1.29 is 9.53 Å². The number of rotatable bonds is 6. The van der Waals surface area contributed by atoms with Crippen LogP contribution in [0.1, 0.15) is 12.5 Å². The summed E-state index contributed by atoms with van der Waals surface area (Å²) in [5, 5.41) is 0. The maximum atomic E-state index is 12.3. The van der Waals surface area contributed by atoms with Gasteiger partial charge in [-0.2, -0.15) is 0 Å². The molecular weight excluding hydrogens is 330 g/mol. The molecule has 1 aromatic carbocycles. The highest BCUT2D eigenvalue weighted by atomic mass is 16.5. The van der Waals surface area contributed by atoms with Gasteiger partial charge in [-0.05, 0) is 24.6 Å². The molecule has 1 fully saturated rings. The molecule has 0 N–H and O–H groups in total. The molecule has 1 aliphatic rings. The molecule has 0 atom stereocenters. The molecule has 0 unspecified atom stereocenters. The van der Waals surface area contributed by atoms with Gasteiger partial charge in [0.15, 0.2) is 6.61 Å². The fraction of sp³-hybridized carbons (Fsp3) is 0.400. The van der Waals surface area contributed by atoms with Crippen molar-refractivity contribution in [3.8, 4) is 5.75 Å². The zero-order chi connectivity index (χ0) is 18.4. The Balaban J connectivity index is 1.46. The SMILES string of the molecule is CCn1cc(CN2CCN(C(=O)COc3ccccc3)CC2)ccc1=O. The van der Waals surface area contributed by atoms with Gasteiger partial charge >= 0.3 is 0 Å². The largest absolute Gasteiger partial charge is 0.484 e. The Bertz CT molecular complexity index is 780. The minimum Gasteiger partial charge on any atom is -0.484 e. The Morgan fingerprint density at radius 2 is 1.77 bits per heavy atom. The van der Waals surface area contributed by atoms with Gasteiger partial charge < -0.3 is 14.2 Å². The van der Waals surface area contributed by atoms with Crippen LogP contribution in [0.3, 0.4) is 0 Å². The van der Waals surface area contributed by atoms with E-state index in [2.05, 4.69) is 4.90 Å². The maximum absolute atomic E-state index is 12.3. The summed E-state index contributed by atoms with van der Waals surface area (Å²) in [6.45, 7) is 6.55. The summed E-state index contributed by atoms with van der Waals surface area (Å²) in [4.78, 5) is 28.1. The number of benzene rings is 1. The molecule has 0 radical (unpaired) electrons. The van der Waals surface area contributed by atoms with Gasteiger partial charge in [-0.1, -0.05) is 24.3 Å². The first kappa shape index (κ1) is 18.2. The molecular formula is C20H25N3O3. The van der Waals surface area contributed by atoms with Crippen molar-refractivity contribution in [3.05, 3.63) is 64.6 Å². The summed E-state index contributed by atoms with van der Waals surface area (Å²) in [6.07, 6.45) is 1.92. The second-order valence-corrected chi connectivity index (χ2v) is 6.42. The van der Waals surface area contributed by atoms with Gasteiger partial charge in [0.25, 0.3) is 11.5 Å². The summed E-state index contributed by atoms with van der Waals surface area (Å²) >= 11 is 0. The lowest BCUT2D eigenvalue weighted by atomic mass is 10.2. The standard InChI is InChI=1S/C20H25N3O3/c1-2-22-15-17(8-9-19(22)24)14-21-10-12-23(13-11-21)20(25)16-26-18-6-4-3-5-7-18/h3-9,15H,2,10-14,16H2,1H3. The Kier molecular flexibility index (Phi) is 6.07. The molecule has 3 rings (SSSR count). The van der Waals surface area contributed by atoms with Gasteiger partial charge in [0.05, 0.1) is 0 Å². The average Bonchev–Trinajstić information content (AvgIpc) is 2.69. The van der Waals surface area contributed by atoms with E-state index in [0.29, 0.717) is 25.4 Å². The van der Waals surface area contributed by atoms with Crippen LogP contribution in [0, 0.1) is 0 Å². The highest BCUT2D eigenvalue weighted by Crippen LogP contribution is 2.10. The van der Waals surface area contributed by atoms with Crippen molar-refractivity contribution in [1.29, 1.82) is 0 Å². The first-order valence-electron chi connectivity index (χ1n) is 9.03. The van der Waals surface area contributed by atoms with E-state index >= 15 is 0 Å². The van der Waals surface area contributed by atoms with E-state index in [1.165, 1.54) is 0 Å². The molecule has 2 heterocycles. The molecule has 6 heteroatoms. The van der Waals surface area contributed by atoms with Crippen molar-refractivity contribution in [2.75, 3.05) is 32.8 Å². The Morgan fingerprint density at radius 1 is 1.04 bits per heavy atom. The monoisotopic (exact) mass is 355 g/mol. The molecule has 1 aliphatic heterocycles. The van der Waals surface area contributed by atoms with Crippen LogP contribution in [-0.2, 0) is 17.9 Å². The summed E-state index contributed by atoms with van der Waals surface area (Å²) in [6, 6.07) is 12.9. The van der Waals surface area contributed by atoms with Gasteiger partial charge in [0.1, 0.15) is 5.75 Å². The van der Waals surface area contributed by atoms with E-state index in [1.54, 1.807) is 10.6 Å². The molecule has 0 aliphatic carbocycles. The van der Waals surface area contributed by atoms with Crippen molar-refractivity contribution >= 4 is 5.91 Å². The van der Waals surface area contributed by atoms with E-state index in [0.717, 1.165) is 25.2 Å². The number of ether oxygens (including phenoxy) is 1. The minimum absolute atomic E-state index is 0.0213. The second-order valence-electron chi connectivity index (χ2n) is 6.42. The number of aryl methyl sites for hydroxylation is 1. The number of pyridine rings is 1. The first-order chi connectivity index (χ1) is 12.7. The van der Waals surface area contributed by atoms with Gasteiger partial charge in [0, 0.05) is 51.5 Å². The molecule has 1 aromatic heterocycles. The van der Waals surface area contributed by atoms with Crippen molar-refractivity contribution in [1.82, 2.24) is 14.4 Å². The lowest BCUT2D eigenvalue weighted by Gasteiger charge is -2.34. The van der Waals surface area contributed by atoms with Crippen LogP contribution in [-0.4, -0.2) is 53.1 Å². The van der Waals surface area contributed by atoms with Crippen molar-refractivity contribution in [2.24, 2.45) is 0 Å². The zero-order valence-corrected chi connectivity index (χ0v) is 15.1. The van der Waals surface area contributed by atoms with Crippen LogP contribution in [0.4, 0.5) is 0 Å². The van der Waals surface area contributed by atoms with Crippen LogP contribution in [0.5, 0.6) is 5.75 Å². The first-order valence-corrected chi connectivity index (χ1v) is 9.03. The predicted octanol–water partition coefficient (Wildman–Crippen LogP) is 1.59. The number of carbonyl (C=O) groups excluding carboxylic acids is 1. The molecule has 0 bridgehead atoms. The highest BCUT2D eigenvalue weighted by Gasteiger charge is 2.21. The number of hydrogen-bond donors (Lipinski definition) is 0. The molecule has 6 nitrogen and oxygen atoms in total. The third-order valence-electron chi connectivity index (χ3n) is 4.62. The maximum Gasteiger partial charge on any atom is 0.260 e. The molecule has 1 saturated heterocycles. The molecule has 26 heavy (non-hydrogen) atoms. The van der Waals surface area contributed by atoms with Crippen LogP contribution < -0.4 is 10.3 Å². The molecule has 2 aromatic rings. The summed E-state index contributed by atoms with van der Waals surface area (Å²) in [7, 11) is 0. The summed E-state index contributed by atoms with van der Waals surface area (Å²) < 4.78 is 7.26. The Hall–Kier alpha value is -2.60. The number of carbonyl (C=O) groups is 1. The summed E-state index contributed by atoms with van der Waals surface area (Å²) in [5.74, 6) is 0.735. The summed E-state index contributed by atoms with van der Waals surface area (Å²) in [5.41, 5.74) is 1.16. The third-order valence-corrected chi connectivity index (χ3v) is 4.62. The van der Waals surface area contributed by atoms with Gasteiger partial charge in [-0.15, -0.1) is 0 Å². The lowest BCUT2D eigenvalue weighted by Crippen LogP contribution is -2.49. The van der Waals surface area contributed by atoms with Crippen LogP contribution in [0.2, 0.25) is 0 Å². The topological polar surface area (TPSA) is 54.8 Å². The number of para-hydroxylation sites is 1. The van der Waals surface area contributed by atoms with Crippen LogP contribution >= 0.6 is 0 Å². The Morgan fingerprint density at radius 3 is 2.46 bits per heavy atom. The van der Waals surface area contributed by atoms with Gasteiger partial charge in [0.2, 0.25) is 0 Å². The number of aromatic nitrogens is 1. The van der Waals surface area contributed by atoms with E-state index < -0.39 is 0 Å². The van der Waals surface area contributed by atoms with Crippen LogP contribution in [0.15, 0.2) is 53.5 Å². The van der Waals surface area contributed by atoms with Crippen molar-refractivity contribution in [2.45, 2.75) is 20.0 Å². The quantitative estimate of drug-likeness (QED) is 0.790. The van der Waals surface area contributed by atoms with Crippen LogP contribution in [0.25, 0.3) is 0 Å². The normalized spacial score (nSPS) is 15.0. The van der Waals surface area contributed by atoms with E-state index in [1.807, 2.05) is 54.4 Å². The number of nitrogens with zero attached hydrogens (tertiary/aromatic N) is 3. The number of amides is 1.